The maximum atomic E-state index is 12.4. The Bertz CT molecular complexity index is 1160. The first-order valence-corrected chi connectivity index (χ1v) is 7.88. The summed E-state index contributed by atoms with van der Waals surface area (Å²) < 4.78 is 5.77. The summed E-state index contributed by atoms with van der Waals surface area (Å²) in [7, 11) is 0. The fraction of sp³-hybridized carbons (Fsp3) is 0.105. The van der Waals surface area contributed by atoms with E-state index in [2.05, 4.69) is 15.3 Å². The fourth-order valence-corrected chi connectivity index (χ4v) is 2.83. The van der Waals surface area contributed by atoms with Gasteiger partial charge in [0, 0.05) is 10.9 Å². The molecule has 0 radical (unpaired) electrons. The number of carbonyl (C=O) groups is 1. The Labute approximate surface area is 142 Å². The van der Waals surface area contributed by atoms with Crippen LogP contribution in [0.4, 0.5) is 0 Å². The smallest absolute Gasteiger partial charge is 0.287 e. The van der Waals surface area contributed by atoms with Crippen molar-refractivity contribution in [2.24, 2.45) is 0 Å². The Balaban J connectivity index is 1.59. The highest BCUT2D eigenvalue weighted by molar-refractivity contribution is 5.92. The summed E-state index contributed by atoms with van der Waals surface area (Å²) in [6.45, 7) is 2.17. The van der Waals surface area contributed by atoms with E-state index in [0.29, 0.717) is 16.7 Å². The molecule has 1 amide bonds. The zero-order chi connectivity index (χ0) is 17.4. The molecule has 0 atom stereocenters. The molecule has 6 nitrogen and oxygen atoms in total. The number of aryl methyl sites for hydroxylation is 1. The topological polar surface area (TPSA) is 88.0 Å². The lowest BCUT2D eigenvalue weighted by Gasteiger charge is -2.04. The van der Waals surface area contributed by atoms with Crippen molar-refractivity contribution in [3.63, 3.8) is 0 Å². The van der Waals surface area contributed by atoms with Crippen LogP contribution in [0, 0.1) is 6.92 Å². The standard InChI is InChI=1S/C19H15N3O3/c1-11-12-6-3-5-9-15(12)25-16(11)10-20-19(24)17-21-14-8-4-2-7-13(14)18(23)22-17/h2-9H,10H2,1H3,(H,20,24)(H,21,22,23). The molecule has 0 spiro atoms. The van der Waals surface area contributed by atoms with Crippen LogP contribution in [0.3, 0.4) is 0 Å². The number of amides is 1. The average Bonchev–Trinajstić information content (AvgIpc) is 2.96. The van der Waals surface area contributed by atoms with Crippen LogP contribution in [0.1, 0.15) is 21.9 Å². The van der Waals surface area contributed by atoms with Crippen molar-refractivity contribution in [1.82, 2.24) is 15.3 Å². The van der Waals surface area contributed by atoms with Crippen molar-refractivity contribution >= 4 is 27.8 Å². The number of carbonyl (C=O) groups excluding carboxylic acids is 1. The van der Waals surface area contributed by atoms with Gasteiger partial charge in [-0.1, -0.05) is 30.3 Å². The van der Waals surface area contributed by atoms with E-state index in [1.165, 1.54) is 0 Å². The highest BCUT2D eigenvalue weighted by atomic mass is 16.3. The molecule has 0 bridgehead atoms. The Kier molecular flexibility index (Phi) is 3.57. The van der Waals surface area contributed by atoms with Gasteiger partial charge in [0.1, 0.15) is 11.3 Å². The first-order chi connectivity index (χ1) is 12.1. The monoisotopic (exact) mass is 333 g/mol. The summed E-state index contributed by atoms with van der Waals surface area (Å²) in [4.78, 5) is 31.1. The van der Waals surface area contributed by atoms with Gasteiger partial charge in [-0.2, -0.15) is 0 Å². The van der Waals surface area contributed by atoms with Gasteiger partial charge in [0.05, 0.1) is 17.4 Å². The number of rotatable bonds is 3. The molecule has 4 aromatic rings. The first-order valence-electron chi connectivity index (χ1n) is 7.88. The number of furan rings is 1. The van der Waals surface area contributed by atoms with E-state index in [1.54, 1.807) is 24.3 Å². The molecule has 0 aliphatic rings. The van der Waals surface area contributed by atoms with Crippen molar-refractivity contribution < 1.29 is 9.21 Å². The number of benzene rings is 2. The Hall–Kier alpha value is -3.41. The molecule has 0 aliphatic carbocycles. The summed E-state index contributed by atoms with van der Waals surface area (Å²) in [5.74, 6) is 0.206. The number of nitrogens with one attached hydrogen (secondary N) is 2. The number of para-hydroxylation sites is 2. The van der Waals surface area contributed by atoms with Crippen LogP contribution in [0.5, 0.6) is 0 Å². The lowest BCUT2D eigenvalue weighted by atomic mass is 10.1. The molecule has 124 valence electrons. The molecule has 2 heterocycles. The molecule has 2 N–H and O–H groups in total. The molecule has 0 aliphatic heterocycles. The van der Waals surface area contributed by atoms with Crippen molar-refractivity contribution in [3.8, 4) is 0 Å². The number of nitrogens with zero attached hydrogens (tertiary/aromatic N) is 1. The van der Waals surface area contributed by atoms with Gasteiger partial charge >= 0.3 is 0 Å². The third-order valence-corrected chi connectivity index (χ3v) is 4.18. The molecule has 4 rings (SSSR count). The zero-order valence-electron chi connectivity index (χ0n) is 13.5. The van der Waals surface area contributed by atoms with E-state index < -0.39 is 5.91 Å². The minimum absolute atomic E-state index is 0.0162. The maximum Gasteiger partial charge on any atom is 0.287 e. The lowest BCUT2D eigenvalue weighted by Crippen LogP contribution is -2.27. The normalized spacial score (nSPS) is 11.1. The van der Waals surface area contributed by atoms with Gasteiger partial charge in [-0.15, -0.1) is 0 Å². The third-order valence-electron chi connectivity index (χ3n) is 4.18. The van der Waals surface area contributed by atoms with Gasteiger partial charge in [-0.25, -0.2) is 4.98 Å². The summed E-state index contributed by atoms with van der Waals surface area (Å²) in [6.07, 6.45) is 0. The van der Waals surface area contributed by atoms with Crippen molar-refractivity contribution in [2.45, 2.75) is 13.5 Å². The SMILES string of the molecule is Cc1c(CNC(=O)c2nc3ccccc3c(=O)[nH]2)oc2ccccc12. The predicted molar refractivity (Wildman–Crippen MR) is 94.5 cm³/mol. The first kappa shape index (κ1) is 15.1. The van der Waals surface area contributed by atoms with Crippen LogP contribution in [0.25, 0.3) is 21.9 Å². The second-order valence-electron chi connectivity index (χ2n) is 5.76. The Morgan fingerprint density at radius 2 is 1.84 bits per heavy atom. The summed E-state index contributed by atoms with van der Waals surface area (Å²) >= 11 is 0. The van der Waals surface area contributed by atoms with Crippen molar-refractivity contribution in [1.29, 1.82) is 0 Å². The molecule has 2 aromatic heterocycles. The lowest BCUT2D eigenvalue weighted by molar-refractivity contribution is 0.0938. The highest BCUT2D eigenvalue weighted by Crippen LogP contribution is 2.24. The Morgan fingerprint density at radius 3 is 2.64 bits per heavy atom. The van der Waals surface area contributed by atoms with E-state index >= 15 is 0 Å². The van der Waals surface area contributed by atoms with E-state index in [-0.39, 0.29) is 17.9 Å². The number of hydrogen-bond acceptors (Lipinski definition) is 4. The van der Waals surface area contributed by atoms with Crippen LogP contribution in [-0.2, 0) is 6.54 Å². The summed E-state index contributed by atoms with van der Waals surface area (Å²) in [6, 6.07) is 14.6. The van der Waals surface area contributed by atoms with Crippen LogP contribution in [-0.4, -0.2) is 15.9 Å². The van der Waals surface area contributed by atoms with E-state index in [4.69, 9.17) is 4.42 Å². The molecular weight excluding hydrogens is 318 g/mol. The second-order valence-corrected chi connectivity index (χ2v) is 5.76. The van der Waals surface area contributed by atoms with Crippen molar-refractivity contribution in [2.75, 3.05) is 0 Å². The molecule has 0 fully saturated rings. The fourth-order valence-electron chi connectivity index (χ4n) is 2.83. The number of fused-ring (bicyclic) bond motifs is 2. The van der Waals surface area contributed by atoms with Crippen LogP contribution in [0.2, 0.25) is 0 Å². The van der Waals surface area contributed by atoms with Gasteiger partial charge < -0.3 is 14.7 Å². The molecule has 25 heavy (non-hydrogen) atoms. The van der Waals surface area contributed by atoms with Gasteiger partial charge in [0.15, 0.2) is 5.82 Å². The molecule has 0 saturated carbocycles. The van der Waals surface area contributed by atoms with Gasteiger partial charge in [0.25, 0.3) is 11.5 Å². The summed E-state index contributed by atoms with van der Waals surface area (Å²) in [5.41, 5.74) is 1.91. The molecule has 0 unspecified atom stereocenters. The molecule has 0 saturated heterocycles. The van der Waals surface area contributed by atoms with Crippen LogP contribution < -0.4 is 10.9 Å². The average molecular weight is 333 g/mol. The van der Waals surface area contributed by atoms with Crippen LogP contribution >= 0.6 is 0 Å². The summed E-state index contributed by atoms with van der Waals surface area (Å²) in [5, 5.41) is 4.21. The third kappa shape index (κ3) is 2.67. The van der Waals surface area contributed by atoms with Gasteiger partial charge in [-0.3, -0.25) is 9.59 Å². The van der Waals surface area contributed by atoms with Crippen molar-refractivity contribution in [3.05, 3.63) is 76.0 Å². The number of hydrogen-bond donors (Lipinski definition) is 2. The molecular formula is C19H15N3O3. The van der Waals surface area contributed by atoms with E-state index in [9.17, 15) is 9.59 Å². The number of H-pyrrole nitrogens is 1. The minimum Gasteiger partial charge on any atom is -0.459 e. The van der Waals surface area contributed by atoms with E-state index in [0.717, 1.165) is 16.5 Å². The highest BCUT2D eigenvalue weighted by Gasteiger charge is 2.14. The van der Waals surface area contributed by atoms with Gasteiger partial charge in [-0.05, 0) is 25.1 Å². The van der Waals surface area contributed by atoms with E-state index in [1.807, 2.05) is 31.2 Å². The maximum absolute atomic E-state index is 12.4. The minimum atomic E-state index is -0.456. The molecule has 2 aromatic carbocycles. The number of aromatic amines is 1. The zero-order valence-corrected chi connectivity index (χ0v) is 13.5. The quantitative estimate of drug-likeness (QED) is 0.603. The predicted octanol–water partition coefficient (Wildman–Crippen LogP) is 2.91. The van der Waals surface area contributed by atoms with Gasteiger partial charge in [0.2, 0.25) is 0 Å². The second kappa shape index (κ2) is 5.90. The largest absolute Gasteiger partial charge is 0.459 e. The van der Waals surface area contributed by atoms with Crippen LogP contribution in [0.15, 0.2) is 57.7 Å². The Morgan fingerprint density at radius 1 is 1.12 bits per heavy atom. The number of aromatic nitrogens is 2. The molecule has 6 heteroatoms.